The summed E-state index contributed by atoms with van der Waals surface area (Å²) in [6, 6.07) is 0.290. The summed E-state index contributed by atoms with van der Waals surface area (Å²) in [5, 5.41) is 3.88. The lowest BCUT2D eigenvalue weighted by molar-refractivity contribution is 0.0212. The van der Waals surface area contributed by atoms with E-state index in [4.69, 9.17) is 10.5 Å². The van der Waals surface area contributed by atoms with E-state index in [1.807, 2.05) is 0 Å². The first-order valence-electron chi connectivity index (χ1n) is 3.85. The van der Waals surface area contributed by atoms with Crippen molar-refractivity contribution < 1.29 is 9.53 Å². The SMILES string of the molecule is NC(=O)c1ncsc1NC1COC1. The van der Waals surface area contributed by atoms with Gasteiger partial charge in [0, 0.05) is 0 Å². The summed E-state index contributed by atoms with van der Waals surface area (Å²) in [5.41, 5.74) is 7.04. The molecule has 13 heavy (non-hydrogen) atoms. The highest BCUT2D eigenvalue weighted by Gasteiger charge is 2.21. The molecule has 0 aromatic carbocycles. The Morgan fingerprint density at radius 3 is 3.08 bits per heavy atom. The number of rotatable bonds is 3. The van der Waals surface area contributed by atoms with Crippen molar-refractivity contribution in [3.8, 4) is 0 Å². The number of carbonyl (C=O) groups excluding carboxylic acids is 1. The Kier molecular flexibility index (Phi) is 2.15. The van der Waals surface area contributed by atoms with Gasteiger partial charge in [0.25, 0.3) is 5.91 Å². The largest absolute Gasteiger partial charge is 0.377 e. The summed E-state index contributed by atoms with van der Waals surface area (Å²) in [6.07, 6.45) is 0. The molecule has 2 heterocycles. The average molecular weight is 199 g/mol. The molecule has 1 aliphatic rings. The zero-order valence-corrected chi connectivity index (χ0v) is 7.63. The highest BCUT2D eigenvalue weighted by atomic mass is 32.1. The van der Waals surface area contributed by atoms with E-state index >= 15 is 0 Å². The third-order valence-corrected chi connectivity index (χ3v) is 2.53. The van der Waals surface area contributed by atoms with Crippen molar-refractivity contribution in [3.63, 3.8) is 0 Å². The maximum atomic E-state index is 10.9. The van der Waals surface area contributed by atoms with Gasteiger partial charge in [-0.15, -0.1) is 11.3 Å². The number of nitrogens with one attached hydrogen (secondary N) is 1. The molecule has 0 aliphatic carbocycles. The molecule has 0 bridgehead atoms. The summed E-state index contributed by atoms with van der Waals surface area (Å²) in [5.74, 6) is -0.496. The number of aromatic nitrogens is 1. The van der Waals surface area contributed by atoms with Gasteiger partial charge in [-0.3, -0.25) is 4.79 Å². The second-order valence-corrected chi connectivity index (χ2v) is 3.63. The van der Waals surface area contributed by atoms with Crippen molar-refractivity contribution in [3.05, 3.63) is 11.2 Å². The number of hydrogen-bond donors (Lipinski definition) is 2. The zero-order valence-electron chi connectivity index (χ0n) is 6.82. The van der Waals surface area contributed by atoms with Crippen LogP contribution in [-0.4, -0.2) is 30.1 Å². The molecule has 0 radical (unpaired) electrons. The Hall–Kier alpha value is -1.14. The smallest absolute Gasteiger partial charge is 0.270 e. The number of ether oxygens (including phenoxy) is 1. The third kappa shape index (κ3) is 1.63. The van der Waals surface area contributed by atoms with E-state index in [1.54, 1.807) is 5.51 Å². The minimum Gasteiger partial charge on any atom is -0.377 e. The first-order valence-corrected chi connectivity index (χ1v) is 4.73. The maximum Gasteiger partial charge on any atom is 0.270 e. The number of amides is 1. The predicted molar refractivity (Wildman–Crippen MR) is 48.9 cm³/mol. The molecule has 0 unspecified atom stereocenters. The Balaban J connectivity index is 2.09. The summed E-state index contributed by atoms with van der Waals surface area (Å²) >= 11 is 1.38. The van der Waals surface area contributed by atoms with Gasteiger partial charge in [-0.1, -0.05) is 0 Å². The molecule has 1 amide bonds. The van der Waals surface area contributed by atoms with Crippen LogP contribution in [0.3, 0.4) is 0 Å². The molecule has 0 saturated carbocycles. The van der Waals surface area contributed by atoms with Crippen LogP contribution in [0, 0.1) is 0 Å². The van der Waals surface area contributed by atoms with Crippen LogP contribution in [0.1, 0.15) is 10.5 Å². The van der Waals surface area contributed by atoms with Crippen LogP contribution in [0.4, 0.5) is 5.00 Å². The van der Waals surface area contributed by atoms with Crippen molar-refractivity contribution in [2.75, 3.05) is 18.5 Å². The summed E-state index contributed by atoms with van der Waals surface area (Å²) in [4.78, 5) is 14.7. The second kappa shape index (κ2) is 3.31. The van der Waals surface area contributed by atoms with Crippen molar-refractivity contribution in [2.45, 2.75) is 6.04 Å². The van der Waals surface area contributed by atoms with Gasteiger partial charge in [0.05, 0.1) is 24.8 Å². The van der Waals surface area contributed by atoms with E-state index in [0.29, 0.717) is 24.9 Å². The van der Waals surface area contributed by atoms with E-state index < -0.39 is 5.91 Å². The van der Waals surface area contributed by atoms with E-state index in [0.717, 1.165) is 5.00 Å². The Morgan fingerprint density at radius 2 is 2.54 bits per heavy atom. The van der Waals surface area contributed by atoms with Crippen LogP contribution >= 0.6 is 11.3 Å². The Labute approximate surface area is 78.9 Å². The highest BCUT2D eigenvalue weighted by molar-refractivity contribution is 7.14. The van der Waals surface area contributed by atoms with E-state index in [-0.39, 0.29) is 0 Å². The topological polar surface area (TPSA) is 77.2 Å². The molecule has 1 saturated heterocycles. The number of thiazole rings is 1. The van der Waals surface area contributed by atoms with Crippen molar-refractivity contribution in [2.24, 2.45) is 5.73 Å². The lowest BCUT2D eigenvalue weighted by Gasteiger charge is -2.27. The number of hydrogen-bond acceptors (Lipinski definition) is 5. The molecule has 1 aliphatic heterocycles. The molecule has 6 heteroatoms. The van der Waals surface area contributed by atoms with Gasteiger partial charge < -0.3 is 15.8 Å². The molecule has 0 spiro atoms. The maximum absolute atomic E-state index is 10.9. The number of carbonyl (C=O) groups is 1. The Morgan fingerprint density at radius 1 is 1.77 bits per heavy atom. The van der Waals surface area contributed by atoms with Crippen LogP contribution < -0.4 is 11.1 Å². The lowest BCUT2D eigenvalue weighted by atomic mass is 10.2. The normalized spacial score (nSPS) is 16.6. The number of anilines is 1. The van der Waals surface area contributed by atoms with E-state index in [2.05, 4.69) is 10.3 Å². The fourth-order valence-corrected chi connectivity index (χ4v) is 1.79. The molecular weight excluding hydrogens is 190 g/mol. The zero-order chi connectivity index (χ0) is 9.26. The van der Waals surface area contributed by atoms with Crippen LogP contribution in [0.2, 0.25) is 0 Å². The van der Waals surface area contributed by atoms with Crippen molar-refractivity contribution in [1.82, 2.24) is 4.98 Å². The van der Waals surface area contributed by atoms with Crippen LogP contribution in [0.5, 0.6) is 0 Å². The number of nitrogens with zero attached hydrogens (tertiary/aromatic N) is 1. The molecule has 5 nitrogen and oxygen atoms in total. The fourth-order valence-electron chi connectivity index (χ4n) is 1.03. The van der Waals surface area contributed by atoms with Gasteiger partial charge >= 0.3 is 0 Å². The minimum absolute atomic E-state index is 0.290. The number of primary amides is 1. The standard InChI is InChI=1S/C7H9N3O2S/c8-6(11)5-7(13-3-9-5)10-4-1-12-2-4/h3-4,10H,1-2H2,(H2,8,11). The van der Waals surface area contributed by atoms with E-state index in [9.17, 15) is 4.79 Å². The lowest BCUT2D eigenvalue weighted by Crippen LogP contribution is -2.40. The van der Waals surface area contributed by atoms with Crippen LogP contribution in [0.15, 0.2) is 5.51 Å². The highest BCUT2D eigenvalue weighted by Crippen LogP contribution is 2.22. The second-order valence-electron chi connectivity index (χ2n) is 2.77. The predicted octanol–water partition coefficient (Wildman–Crippen LogP) is 0.0527. The molecular formula is C7H9N3O2S. The van der Waals surface area contributed by atoms with Crippen molar-refractivity contribution in [1.29, 1.82) is 0 Å². The summed E-state index contributed by atoms with van der Waals surface area (Å²) < 4.78 is 4.99. The van der Waals surface area contributed by atoms with Gasteiger partial charge in [-0.25, -0.2) is 4.98 Å². The first-order chi connectivity index (χ1) is 6.27. The molecule has 70 valence electrons. The quantitative estimate of drug-likeness (QED) is 0.721. The molecule has 1 aromatic rings. The van der Waals surface area contributed by atoms with Crippen LogP contribution in [0.25, 0.3) is 0 Å². The van der Waals surface area contributed by atoms with Gasteiger partial charge in [-0.2, -0.15) is 0 Å². The van der Waals surface area contributed by atoms with Gasteiger partial charge in [0.15, 0.2) is 5.69 Å². The number of nitrogens with two attached hydrogens (primary N) is 1. The monoisotopic (exact) mass is 199 g/mol. The van der Waals surface area contributed by atoms with Gasteiger partial charge in [0.1, 0.15) is 5.00 Å². The Bertz CT molecular complexity index is 321. The fraction of sp³-hybridized carbons (Fsp3) is 0.429. The van der Waals surface area contributed by atoms with Crippen molar-refractivity contribution >= 4 is 22.2 Å². The summed E-state index contributed by atoms with van der Waals surface area (Å²) in [7, 11) is 0. The summed E-state index contributed by atoms with van der Waals surface area (Å²) in [6.45, 7) is 1.35. The molecule has 1 fully saturated rings. The van der Waals surface area contributed by atoms with Crippen LogP contribution in [-0.2, 0) is 4.74 Å². The molecule has 0 atom stereocenters. The molecule has 1 aromatic heterocycles. The third-order valence-electron chi connectivity index (χ3n) is 1.77. The molecule has 2 rings (SSSR count). The average Bonchev–Trinajstić information content (AvgIpc) is 2.44. The minimum atomic E-state index is -0.496. The van der Waals surface area contributed by atoms with Gasteiger partial charge in [0.2, 0.25) is 0 Å². The molecule has 3 N–H and O–H groups in total. The van der Waals surface area contributed by atoms with Gasteiger partial charge in [-0.05, 0) is 0 Å². The first kappa shape index (κ1) is 8.46. The van der Waals surface area contributed by atoms with E-state index in [1.165, 1.54) is 11.3 Å².